The standard InChI is InChI=1S/C15H22N8O.HI/c1-16-15(17-6-12-7-18-20(2)9-12)22-4-5-23(14(24)11-22)13-8-19-21(3)10-13;/h7-10H,4-6,11H2,1-3H3,(H,16,17);1H. The molecule has 3 heterocycles. The number of aliphatic imine (C=N–C) groups is 1. The SMILES string of the molecule is CN=C(NCc1cnn(C)c1)N1CCN(c2cnn(C)c2)C(=O)C1.I. The molecule has 0 aromatic carbocycles. The summed E-state index contributed by atoms with van der Waals surface area (Å²) in [5, 5.41) is 11.6. The Morgan fingerprint density at radius 3 is 2.48 bits per heavy atom. The number of piperazine rings is 1. The van der Waals surface area contributed by atoms with Crippen molar-refractivity contribution in [3.8, 4) is 0 Å². The smallest absolute Gasteiger partial charge is 0.246 e. The van der Waals surface area contributed by atoms with Crippen molar-refractivity contribution in [3.63, 3.8) is 0 Å². The van der Waals surface area contributed by atoms with Crippen molar-refractivity contribution in [3.05, 3.63) is 30.4 Å². The van der Waals surface area contributed by atoms with Crippen molar-refractivity contribution < 1.29 is 4.79 Å². The molecular weight excluding hydrogens is 435 g/mol. The van der Waals surface area contributed by atoms with Crippen molar-refractivity contribution in [1.29, 1.82) is 0 Å². The van der Waals surface area contributed by atoms with Gasteiger partial charge in [-0.3, -0.25) is 19.2 Å². The molecule has 1 N–H and O–H groups in total. The summed E-state index contributed by atoms with van der Waals surface area (Å²) in [7, 11) is 5.45. The molecule has 0 bridgehead atoms. The number of nitrogens with zero attached hydrogens (tertiary/aromatic N) is 7. The minimum Gasteiger partial charge on any atom is -0.352 e. The number of aromatic nitrogens is 4. The molecular formula is C15H23IN8O. The average Bonchev–Trinajstić information content (AvgIpc) is 3.16. The van der Waals surface area contributed by atoms with Crippen molar-refractivity contribution in [2.75, 3.05) is 31.6 Å². The Hall–Kier alpha value is -2.11. The van der Waals surface area contributed by atoms with E-state index in [1.165, 1.54) is 0 Å². The fraction of sp³-hybridized carbons (Fsp3) is 0.467. The van der Waals surface area contributed by atoms with Gasteiger partial charge >= 0.3 is 0 Å². The van der Waals surface area contributed by atoms with E-state index in [0.717, 1.165) is 17.2 Å². The topological polar surface area (TPSA) is 83.6 Å². The first-order valence-electron chi connectivity index (χ1n) is 7.79. The van der Waals surface area contributed by atoms with Crippen molar-refractivity contribution >= 4 is 41.5 Å². The maximum absolute atomic E-state index is 12.5. The maximum atomic E-state index is 12.5. The number of amides is 1. The number of anilines is 1. The van der Waals surface area contributed by atoms with Gasteiger partial charge in [0.2, 0.25) is 5.91 Å². The molecule has 0 radical (unpaired) electrons. The first-order chi connectivity index (χ1) is 11.6. The van der Waals surface area contributed by atoms with E-state index in [1.54, 1.807) is 27.5 Å². The van der Waals surface area contributed by atoms with Crippen LogP contribution >= 0.6 is 24.0 Å². The van der Waals surface area contributed by atoms with Crippen LogP contribution in [0.3, 0.4) is 0 Å². The number of nitrogens with one attached hydrogen (secondary N) is 1. The number of guanidine groups is 1. The van der Waals surface area contributed by atoms with E-state index in [-0.39, 0.29) is 29.9 Å². The molecule has 0 aliphatic carbocycles. The Kier molecular flexibility index (Phi) is 6.39. The van der Waals surface area contributed by atoms with Gasteiger partial charge in [0.1, 0.15) is 6.54 Å². The first kappa shape index (κ1) is 19.2. The van der Waals surface area contributed by atoms with E-state index in [9.17, 15) is 4.79 Å². The van der Waals surface area contributed by atoms with Gasteiger partial charge in [0.15, 0.2) is 5.96 Å². The molecule has 0 spiro atoms. The van der Waals surface area contributed by atoms with Gasteiger partial charge in [-0.1, -0.05) is 0 Å². The van der Waals surface area contributed by atoms with Crippen LogP contribution in [0.1, 0.15) is 5.56 Å². The quantitative estimate of drug-likeness (QED) is 0.404. The summed E-state index contributed by atoms with van der Waals surface area (Å²) >= 11 is 0. The molecule has 1 aliphatic rings. The monoisotopic (exact) mass is 458 g/mol. The van der Waals surface area contributed by atoms with Gasteiger partial charge in [-0.2, -0.15) is 10.2 Å². The molecule has 2 aromatic rings. The zero-order chi connectivity index (χ0) is 17.1. The Balaban J connectivity index is 0.00000225. The van der Waals surface area contributed by atoms with Crippen LogP contribution in [0.25, 0.3) is 0 Å². The van der Waals surface area contributed by atoms with Gasteiger partial charge in [0, 0.05) is 58.7 Å². The zero-order valence-corrected chi connectivity index (χ0v) is 16.9. The molecule has 136 valence electrons. The van der Waals surface area contributed by atoms with Gasteiger partial charge < -0.3 is 15.1 Å². The zero-order valence-electron chi connectivity index (χ0n) is 14.6. The predicted molar refractivity (Wildman–Crippen MR) is 106 cm³/mol. The number of rotatable bonds is 3. The number of halogens is 1. The third-order valence-corrected chi connectivity index (χ3v) is 3.94. The second-order valence-electron chi connectivity index (χ2n) is 5.76. The largest absolute Gasteiger partial charge is 0.352 e. The molecule has 25 heavy (non-hydrogen) atoms. The Morgan fingerprint density at radius 2 is 1.92 bits per heavy atom. The molecule has 1 saturated heterocycles. The Bertz CT molecular complexity index is 752. The van der Waals surface area contributed by atoms with Gasteiger partial charge in [0.25, 0.3) is 0 Å². The molecule has 3 rings (SSSR count). The van der Waals surface area contributed by atoms with Crippen LogP contribution in [-0.4, -0.2) is 63.0 Å². The van der Waals surface area contributed by atoms with E-state index in [4.69, 9.17) is 0 Å². The molecule has 0 unspecified atom stereocenters. The molecule has 1 aliphatic heterocycles. The van der Waals surface area contributed by atoms with Gasteiger partial charge in [-0.15, -0.1) is 24.0 Å². The van der Waals surface area contributed by atoms with Crippen LogP contribution in [0.2, 0.25) is 0 Å². The van der Waals surface area contributed by atoms with Gasteiger partial charge in [0.05, 0.1) is 18.1 Å². The number of carbonyl (C=O) groups is 1. The molecule has 10 heteroatoms. The lowest BCUT2D eigenvalue weighted by Crippen LogP contribution is -2.55. The molecule has 0 atom stereocenters. The van der Waals surface area contributed by atoms with E-state index in [1.807, 2.05) is 37.6 Å². The lowest BCUT2D eigenvalue weighted by Gasteiger charge is -2.35. The summed E-state index contributed by atoms with van der Waals surface area (Å²) in [4.78, 5) is 20.5. The molecule has 1 fully saturated rings. The second-order valence-corrected chi connectivity index (χ2v) is 5.76. The Morgan fingerprint density at radius 1 is 1.20 bits per heavy atom. The molecule has 1 amide bonds. The summed E-state index contributed by atoms with van der Waals surface area (Å²) in [5.41, 5.74) is 1.90. The van der Waals surface area contributed by atoms with Crippen LogP contribution in [0.15, 0.2) is 29.8 Å². The predicted octanol–water partition coefficient (Wildman–Crippen LogP) is 0.196. The summed E-state index contributed by atoms with van der Waals surface area (Å²) in [6.45, 7) is 2.24. The number of aryl methyl sites for hydroxylation is 2. The summed E-state index contributed by atoms with van der Waals surface area (Å²) < 4.78 is 3.46. The second kappa shape index (κ2) is 8.32. The van der Waals surface area contributed by atoms with Gasteiger partial charge in [-0.25, -0.2) is 0 Å². The minimum absolute atomic E-state index is 0. The van der Waals surface area contributed by atoms with Crippen LogP contribution in [0.4, 0.5) is 5.69 Å². The average molecular weight is 458 g/mol. The molecule has 2 aromatic heterocycles. The van der Waals surface area contributed by atoms with Crippen LogP contribution < -0.4 is 10.2 Å². The minimum atomic E-state index is 0. The molecule has 9 nitrogen and oxygen atoms in total. The van der Waals surface area contributed by atoms with E-state index in [0.29, 0.717) is 26.2 Å². The summed E-state index contributed by atoms with van der Waals surface area (Å²) in [6, 6.07) is 0. The van der Waals surface area contributed by atoms with E-state index in [2.05, 4.69) is 20.5 Å². The van der Waals surface area contributed by atoms with Crippen molar-refractivity contribution in [2.45, 2.75) is 6.54 Å². The lowest BCUT2D eigenvalue weighted by molar-refractivity contribution is -0.120. The van der Waals surface area contributed by atoms with Crippen LogP contribution in [-0.2, 0) is 25.4 Å². The Labute approximate surface area is 163 Å². The van der Waals surface area contributed by atoms with Crippen molar-refractivity contribution in [2.24, 2.45) is 19.1 Å². The lowest BCUT2D eigenvalue weighted by atomic mass is 10.3. The van der Waals surface area contributed by atoms with Crippen LogP contribution in [0, 0.1) is 0 Å². The maximum Gasteiger partial charge on any atom is 0.246 e. The van der Waals surface area contributed by atoms with Crippen LogP contribution in [0.5, 0.6) is 0 Å². The third kappa shape index (κ3) is 4.50. The highest BCUT2D eigenvalue weighted by molar-refractivity contribution is 14.0. The van der Waals surface area contributed by atoms with Crippen molar-refractivity contribution in [1.82, 2.24) is 29.8 Å². The normalized spacial score (nSPS) is 15.3. The molecule has 0 saturated carbocycles. The summed E-state index contributed by atoms with van der Waals surface area (Å²) in [5.74, 6) is 0.761. The third-order valence-electron chi connectivity index (χ3n) is 3.94. The van der Waals surface area contributed by atoms with E-state index < -0.39 is 0 Å². The highest BCUT2D eigenvalue weighted by Crippen LogP contribution is 2.16. The number of hydrogen-bond acceptors (Lipinski definition) is 4. The highest BCUT2D eigenvalue weighted by Gasteiger charge is 2.27. The highest BCUT2D eigenvalue weighted by atomic mass is 127. The van der Waals surface area contributed by atoms with Gasteiger partial charge in [-0.05, 0) is 0 Å². The van der Waals surface area contributed by atoms with E-state index >= 15 is 0 Å². The first-order valence-corrected chi connectivity index (χ1v) is 7.79. The fourth-order valence-electron chi connectivity index (χ4n) is 2.75. The fourth-order valence-corrected chi connectivity index (χ4v) is 2.75. The number of carbonyl (C=O) groups excluding carboxylic acids is 1. The number of hydrogen-bond donors (Lipinski definition) is 1. The summed E-state index contributed by atoms with van der Waals surface area (Å²) in [6.07, 6.45) is 7.32.